The van der Waals surface area contributed by atoms with E-state index in [1.807, 2.05) is 6.07 Å². The third-order valence-electron chi connectivity index (χ3n) is 26.9. The Morgan fingerprint density at radius 3 is 1.34 bits per heavy atom. The Morgan fingerprint density at radius 1 is 0.191 bits per heavy atom. The van der Waals surface area contributed by atoms with Crippen molar-refractivity contribution in [1.29, 1.82) is 0 Å². The minimum atomic E-state index is 0.521. The highest BCUT2D eigenvalue weighted by Gasteiger charge is 2.32. The molecule has 0 aliphatic carbocycles. The third-order valence-corrected chi connectivity index (χ3v) is 30.3. The summed E-state index contributed by atoms with van der Waals surface area (Å²) >= 11 is 5.37. The van der Waals surface area contributed by atoms with Crippen molar-refractivity contribution >= 4 is 225 Å². The van der Waals surface area contributed by atoms with Crippen molar-refractivity contribution in [2.45, 2.75) is 0 Å². The van der Waals surface area contributed by atoms with E-state index in [9.17, 15) is 0 Å². The van der Waals surface area contributed by atoms with Gasteiger partial charge < -0.3 is 18.0 Å². The summed E-state index contributed by atoms with van der Waals surface area (Å²) in [6.45, 7) is 0. The number of para-hydroxylation sites is 3. The number of nitrogens with zero attached hydrogens (tertiary/aromatic N) is 8. The molecule has 0 N–H and O–H groups in total. The van der Waals surface area contributed by atoms with Gasteiger partial charge in [0.1, 0.15) is 22.3 Å². The zero-order valence-corrected chi connectivity index (χ0v) is 72.0. The Hall–Kier alpha value is -16.7. The van der Waals surface area contributed by atoms with Gasteiger partial charge in [-0.1, -0.05) is 273 Å². The molecule has 20 aromatic carbocycles. The fraction of sp³-hybridized carbons (Fsp3) is 0. The summed E-state index contributed by atoms with van der Waals surface area (Å²) in [4.78, 5) is 34.7. The molecule has 0 atom stereocenters. The van der Waals surface area contributed by atoms with Crippen LogP contribution < -0.4 is 0 Å². The summed E-state index contributed by atoms with van der Waals surface area (Å²) in [6.07, 6.45) is 0. The van der Waals surface area contributed by atoms with Gasteiger partial charge in [0.05, 0.1) is 49.8 Å². The molecule has 29 aromatic rings. The second-order valence-electron chi connectivity index (χ2n) is 34.2. The van der Waals surface area contributed by atoms with Crippen LogP contribution in [0.2, 0.25) is 0 Å². The number of fused-ring (bicyclic) bond motifs is 26. The molecule has 0 amide bonds. The normalized spacial score (nSPS) is 12.3. The number of hydrogen-bond donors (Lipinski definition) is 0. The molecule has 0 aliphatic heterocycles. The van der Waals surface area contributed by atoms with Crippen LogP contribution in [0.1, 0.15) is 0 Å². The summed E-state index contributed by atoms with van der Waals surface area (Å²) in [5, 5.41) is 23.6. The average molecular weight is 1720 g/mol. The molecule has 13 heteroatoms. The first kappa shape index (κ1) is 72.5. The molecular weight excluding hydrogens is 1660 g/mol. The van der Waals surface area contributed by atoms with E-state index in [0.717, 1.165) is 233 Å². The van der Waals surface area contributed by atoms with E-state index in [0.29, 0.717) is 34.9 Å². The predicted molar refractivity (Wildman–Crippen MR) is 549 cm³/mol. The highest BCUT2D eigenvalue weighted by molar-refractivity contribution is 7.26. The quantitative estimate of drug-likeness (QED) is 0.133. The first-order valence-electron chi connectivity index (χ1n) is 44.0. The SMILES string of the molecule is c1ccc(-c2cccc(-c3nc(-c4ccc5c(c4)sc4ccccc45)nc(-c4ccc5oc6ccccc6c5c4-n4c5cc6ccccc6cc5c5cc6c(-c7ccc8c(-c9nc(-c%10cccc%11sc%12ccccc%12c%10%11)nc(-c%10cccc%11sc%12ccccc%12c%10%11)n9)c(-n9c%10ccccc%10c%10cc%11ccccc%11cc%109)c9c%10ccccc%10oc9c8c7)cccc6cc54)n3)c2)cc1. The van der Waals surface area contributed by atoms with Crippen molar-refractivity contribution < 1.29 is 8.83 Å². The lowest BCUT2D eigenvalue weighted by Gasteiger charge is -2.19. The third kappa shape index (κ3) is 10.9. The van der Waals surface area contributed by atoms with Crippen LogP contribution in [0.5, 0.6) is 0 Å². The van der Waals surface area contributed by atoms with Crippen molar-refractivity contribution in [3.63, 3.8) is 0 Å². The van der Waals surface area contributed by atoms with Gasteiger partial charge in [0.15, 0.2) is 34.9 Å². The van der Waals surface area contributed by atoms with E-state index in [1.54, 1.807) is 34.0 Å². The number of benzene rings is 20. The maximum atomic E-state index is 7.61. The number of furan rings is 2. The Labute approximate surface area is 757 Å². The zero-order valence-electron chi connectivity index (χ0n) is 69.6. The lowest BCUT2D eigenvalue weighted by Crippen LogP contribution is -2.05. The van der Waals surface area contributed by atoms with E-state index in [4.69, 9.17) is 38.7 Å². The molecule has 0 saturated carbocycles. The van der Waals surface area contributed by atoms with Gasteiger partial charge in [-0.15, -0.1) is 34.0 Å². The van der Waals surface area contributed by atoms with Crippen LogP contribution in [0.4, 0.5) is 0 Å². The monoisotopic (exact) mass is 1720 g/mol. The van der Waals surface area contributed by atoms with Crippen molar-refractivity contribution in [1.82, 2.24) is 39.0 Å². The molecule has 606 valence electrons. The maximum Gasteiger partial charge on any atom is 0.166 e. The Bertz CT molecular complexity index is 9930. The molecule has 0 bridgehead atoms. The van der Waals surface area contributed by atoms with Gasteiger partial charge in [0, 0.05) is 126 Å². The molecule has 9 aromatic heterocycles. The molecule has 29 rings (SSSR count). The number of aromatic nitrogens is 8. The Balaban J connectivity index is 0.701. The van der Waals surface area contributed by atoms with Crippen LogP contribution in [-0.2, 0) is 0 Å². The molecule has 0 saturated heterocycles. The summed E-state index contributed by atoms with van der Waals surface area (Å²) < 4.78 is 26.7. The van der Waals surface area contributed by atoms with Gasteiger partial charge in [-0.05, 0) is 175 Å². The minimum Gasteiger partial charge on any atom is -0.456 e. The first-order chi connectivity index (χ1) is 64.9. The van der Waals surface area contributed by atoms with Gasteiger partial charge in [-0.3, -0.25) is 0 Å². The number of rotatable bonds is 10. The van der Waals surface area contributed by atoms with E-state index in [2.05, 4.69) is 391 Å². The van der Waals surface area contributed by atoms with E-state index < -0.39 is 0 Å². The average Bonchev–Trinajstić information content (AvgIpc) is 1.55. The van der Waals surface area contributed by atoms with Gasteiger partial charge in [-0.25, -0.2) is 29.9 Å². The molecular formula is C118H64N8O2S3. The topological polar surface area (TPSA) is 113 Å². The van der Waals surface area contributed by atoms with Crippen molar-refractivity contribution in [3.8, 4) is 102 Å². The van der Waals surface area contributed by atoms with Gasteiger partial charge in [0.2, 0.25) is 0 Å². The van der Waals surface area contributed by atoms with Gasteiger partial charge in [-0.2, -0.15) is 0 Å². The van der Waals surface area contributed by atoms with Crippen LogP contribution >= 0.6 is 34.0 Å². The predicted octanol–water partition coefficient (Wildman–Crippen LogP) is 33.1. The molecule has 0 spiro atoms. The fourth-order valence-electron chi connectivity index (χ4n) is 21.1. The van der Waals surface area contributed by atoms with Crippen LogP contribution in [0, 0.1) is 0 Å². The molecule has 0 unspecified atom stereocenters. The van der Waals surface area contributed by atoms with Crippen LogP contribution in [0.15, 0.2) is 397 Å². The second kappa shape index (κ2) is 27.9. The Kier molecular flexibility index (Phi) is 15.4. The summed E-state index contributed by atoms with van der Waals surface area (Å²) in [5.74, 6) is 3.32. The van der Waals surface area contributed by atoms with Crippen LogP contribution in [0.25, 0.3) is 293 Å². The first-order valence-corrected chi connectivity index (χ1v) is 46.4. The van der Waals surface area contributed by atoms with E-state index in [1.165, 1.54) is 24.9 Å². The molecule has 0 fully saturated rings. The van der Waals surface area contributed by atoms with Crippen molar-refractivity contribution in [2.24, 2.45) is 0 Å². The molecule has 0 aliphatic rings. The van der Waals surface area contributed by atoms with E-state index >= 15 is 0 Å². The summed E-state index contributed by atoms with van der Waals surface area (Å²) in [5.41, 5.74) is 18.4. The maximum absolute atomic E-state index is 7.61. The highest BCUT2D eigenvalue weighted by atomic mass is 32.1. The van der Waals surface area contributed by atoms with Crippen LogP contribution in [0.3, 0.4) is 0 Å². The summed E-state index contributed by atoms with van der Waals surface area (Å²) in [6, 6.07) is 140. The van der Waals surface area contributed by atoms with Gasteiger partial charge in [0.25, 0.3) is 0 Å². The smallest absolute Gasteiger partial charge is 0.166 e. The van der Waals surface area contributed by atoms with Gasteiger partial charge >= 0.3 is 0 Å². The minimum absolute atomic E-state index is 0.521. The second-order valence-corrected chi connectivity index (χ2v) is 37.4. The molecule has 9 heterocycles. The van der Waals surface area contributed by atoms with Crippen molar-refractivity contribution in [2.75, 3.05) is 0 Å². The highest BCUT2D eigenvalue weighted by Crippen LogP contribution is 2.53. The Morgan fingerprint density at radius 2 is 0.641 bits per heavy atom. The van der Waals surface area contributed by atoms with Crippen LogP contribution in [-0.4, -0.2) is 39.0 Å². The largest absolute Gasteiger partial charge is 0.456 e. The fourth-order valence-corrected chi connectivity index (χ4v) is 24.5. The molecule has 10 nitrogen and oxygen atoms in total. The summed E-state index contributed by atoms with van der Waals surface area (Å²) in [7, 11) is 0. The van der Waals surface area contributed by atoms with Crippen molar-refractivity contribution in [3.05, 3.63) is 388 Å². The molecule has 0 radical (unpaired) electrons. The number of hydrogen-bond acceptors (Lipinski definition) is 11. The van der Waals surface area contributed by atoms with E-state index in [-0.39, 0.29) is 0 Å². The zero-order chi connectivity index (χ0) is 85.4. The number of thiophene rings is 3. The standard InChI is InChI=1S/C118H64N8O2S3/c1-2-24-65(25-3-1)66-30-20-32-73(56-66)113-119-114(74-51-52-78-77-34-11-17-45-99(77)131-104(78)63-74)121-117(120-113)86-54-55-98-107(80-35-9-15-43-96(80)127-98)110(86)126-94-61-70-29-7-5-27-68(70)58-89(94)90-64-87-71(62-95(90)126)31-21-39-75(87)72-50-53-79-91(59-72)112-108(81-36-10-16-44-97(81)128-112)111(125-92-42-14-8-33-76(92)88-57-67-26-4-6-28-69(67)60-93(88)125)109(79)118-123-115(84-40-22-48-102-105(84)82-37-12-18-46-100(82)129-102)122-116(124-118)85-41-23-49-103-106(85)83-38-13-19-47-101(83)130-103/h1-64H. The molecule has 131 heavy (non-hydrogen) atoms. The lowest BCUT2D eigenvalue weighted by molar-refractivity contribution is 0.669. The lowest BCUT2D eigenvalue weighted by atomic mass is 9.91.